The number of amides is 2. The molecule has 1 unspecified atom stereocenters. The van der Waals surface area contributed by atoms with Crippen molar-refractivity contribution in [1.29, 1.82) is 0 Å². The minimum Gasteiger partial charge on any atom is -0.489 e. The van der Waals surface area contributed by atoms with Crippen LogP contribution in [0.5, 0.6) is 5.75 Å². The third kappa shape index (κ3) is 3.40. The fourth-order valence-corrected chi connectivity index (χ4v) is 5.40. The Morgan fingerprint density at radius 2 is 2.03 bits per heavy atom. The molecule has 7 nitrogen and oxygen atoms in total. The number of carbonyl (C=O) groups excluding carboxylic acids is 2. The summed E-state index contributed by atoms with van der Waals surface area (Å²) in [5, 5.41) is 12.8. The van der Waals surface area contributed by atoms with Gasteiger partial charge in [0.05, 0.1) is 5.60 Å². The molecule has 5 rings (SSSR count). The summed E-state index contributed by atoms with van der Waals surface area (Å²) >= 11 is 0. The number of nitrogens with zero attached hydrogens (tertiary/aromatic N) is 2. The van der Waals surface area contributed by atoms with Gasteiger partial charge in [-0.25, -0.2) is 0 Å². The van der Waals surface area contributed by atoms with Gasteiger partial charge in [-0.15, -0.1) is 0 Å². The molecule has 160 valence electrons. The standard InChI is InChI=1S/C23H29N3O4/c1-14-6-9-19(21(27)24-14)26-11-15-10-16(7-8-17(15)22(26)28)30-20-5-3-4-18(20)25-12-23(2,29)13-25/h7-8,10,18-20,29H,1,3-6,9,11-13H2,2H3,(H,24,27)/t18-,19?,20+/m1/s1. The number of hydrogen-bond donors (Lipinski definition) is 2. The van der Waals surface area contributed by atoms with Crippen LogP contribution in [0.2, 0.25) is 0 Å². The minimum absolute atomic E-state index is 0.0919. The van der Waals surface area contributed by atoms with Gasteiger partial charge in [-0.3, -0.25) is 14.5 Å². The van der Waals surface area contributed by atoms with Crippen molar-refractivity contribution < 1.29 is 19.4 Å². The van der Waals surface area contributed by atoms with Crippen molar-refractivity contribution in [1.82, 2.24) is 15.1 Å². The lowest BCUT2D eigenvalue weighted by atomic mass is 9.93. The highest BCUT2D eigenvalue weighted by Gasteiger charge is 2.45. The smallest absolute Gasteiger partial charge is 0.255 e. The van der Waals surface area contributed by atoms with Gasteiger partial charge in [-0.05, 0) is 62.8 Å². The zero-order valence-corrected chi connectivity index (χ0v) is 17.4. The van der Waals surface area contributed by atoms with Gasteiger partial charge in [0, 0.05) is 36.9 Å². The predicted octanol–water partition coefficient (Wildman–Crippen LogP) is 1.80. The van der Waals surface area contributed by atoms with Crippen LogP contribution in [-0.4, -0.2) is 63.6 Å². The van der Waals surface area contributed by atoms with Crippen LogP contribution in [0.4, 0.5) is 0 Å². The molecule has 3 atom stereocenters. The summed E-state index contributed by atoms with van der Waals surface area (Å²) in [6.07, 6.45) is 4.60. The molecule has 4 aliphatic rings. The lowest BCUT2D eigenvalue weighted by molar-refractivity contribution is -0.126. The largest absolute Gasteiger partial charge is 0.489 e. The van der Waals surface area contributed by atoms with Crippen molar-refractivity contribution in [2.75, 3.05) is 13.1 Å². The van der Waals surface area contributed by atoms with E-state index in [4.69, 9.17) is 4.74 Å². The highest BCUT2D eigenvalue weighted by atomic mass is 16.5. The van der Waals surface area contributed by atoms with Crippen LogP contribution < -0.4 is 10.1 Å². The Morgan fingerprint density at radius 3 is 2.77 bits per heavy atom. The van der Waals surface area contributed by atoms with Gasteiger partial charge in [-0.2, -0.15) is 0 Å². The van der Waals surface area contributed by atoms with Crippen LogP contribution >= 0.6 is 0 Å². The van der Waals surface area contributed by atoms with Crippen molar-refractivity contribution in [3.05, 3.63) is 41.6 Å². The molecule has 0 spiro atoms. The maximum atomic E-state index is 12.9. The number of rotatable bonds is 4. The number of allylic oxidation sites excluding steroid dienone is 1. The fourth-order valence-electron chi connectivity index (χ4n) is 5.40. The number of aliphatic hydroxyl groups is 1. The van der Waals surface area contributed by atoms with E-state index in [1.54, 1.807) is 4.90 Å². The Morgan fingerprint density at radius 1 is 1.23 bits per heavy atom. The van der Waals surface area contributed by atoms with Gasteiger partial charge in [-0.1, -0.05) is 6.58 Å². The van der Waals surface area contributed by atoms with Crippen LogP contribution in [0.1, 0.15) is 54.9 Å². The topological polar surface area (TPSA) is 82.1 Å². The molecule has 3 fully saturated rings. The zero-order valence-electron chi connectivity index (χ0n) is 17.4. The van der Waals surface area contributed by atoms with Crippen LogP contribution in [0.25, 0.3) is 0 Å². The number of carbonyl (C=O) groups is 2. The van der Waals surface area contributed by atoms with Gasteiger partial charge in [0.15, 0.2) is 0 Å². The van der Waals surface area contributed by atoms with Crippen molar-refractivity contribution in [2.24, 2.45) is 0 Å². The second kappa shape index (κ2) is 7.10. The molecule has 3 aliphatic heterocycles. The molecule has 1 aliphatic carbocycles. The van der Waals surface area contributed by atoms with Gasteiger partial charge >= 0.3 is 0 Å². The molecule has 2 N–H and O–H groups in total. The average molecular weight is 412 g/mol. The highest BCUT2D eigenvalue weighted by molar-refractivity contribution is 6.01. The molecule has 3 heterocycles. The van der Waals surface area contributed by atoms with E-state index in [1.807, 2.05) is 25.1 Å². The Kier molecular flexibility index (Phi) is 4.63. The summed E-state index contributed by atoms with van der Waals surface area (Å²) in [5.41, 5.74) is 1.70. The first kappa shape index (κ1) is 19.6. The normalized spacial score (nSPS) is 30.8. The highest BCUT2D eigenvalue weighted by Crippen LogP contribution is 2.35. The second-order valence-corrected chi connectivity index (χ2v) is 9.46. The molecule has 7 heteroatoms. The van der Waals surface area contributed by atoms with E-state index in [2.05, 4.69) is 16.8 Å². The molecule has 1 aromatic carbocycles. The second-order valence-electron chi connectivity index (χ2n) is 9.46. The van der Waals surface area contributed by atoms with Crippen LogP contribution in [-0.2, 0) is 11.3 Å². The number of benzene rings is 1. The molecule has 30 heavy (non-hydrogen) atoms. The number of ether oxygens (including phenoxy) is 1. The van der Waals surface area contributed by atoms with Gasteiger partial charge in [0.1, 0.15) is 17.9 Å². The maximum Gasteiger partial charge on any atom is 0.255 e. The Hall–Kier alpha value is -2.38. The van der Waals surface area contributed by atoms with Crippen LogP contribution in [0, 0.1) is 0 Å². The maximum absolute atomic E-state index is 12.9. The predicted molar refractivity (Wildman–Crippen MR) is 111 cm³/mol. The summed E-state index contributed by atoms with van der Waals surface area (Å²) in [7, 11) is 0. The van der Waals surface area contributed by atoms with Gasteiger partial charge in [0.2, 0.25) is 5.91 Å². The van der Waals surface area contributed by atoms with E-state index >= 15 is 0 Å². The van der Waals surface area contributed by atoms with Crippen LogP contribution in [0.15, 0.2) is 30.5 Å². The van der Waals surface area contributed by atoms with Gasteiger partial charge < -0.3 is 20.1 Å². The number of β-amino-alcohol motifs (C(OH)–C–C–N with tert-alkyl or cyclic N) is 1. The zero-order chi connectivity index (χ0) is 21.0. The molecular formula is C23H29N3O4. The van der Waals surface area contributed by atoms with E-state index in [-0.39, 0.29) is 17.9 Å². The van der Waals surface area contributed by atoms with Crippen molar-refractivity contribution in [3.8, 4) is 5.75 Å². The number of fused-ring (bicyclic) bond motifs is 1. The number of likely N-dealkylation sites (tertiary alicyclic amines) is 1. The van der Waals surface area contributed by atoms with Crippen LogP contribution in [0.3, 0.4) is 0 Å². The first-order valence-corrected chi connectivity index (χ1v) is 10.9. The monoisotopic (exact) mass is 411 g/mol. The summed E-state index contributed by atoms with van der Waals surface area (Å²) in [6, 6.07) is 5.53. The number of hydrogen-bond acceptors (Lipinski definition) is 5. The first-order chi connectivity index (χ1) is 14.3. The molecule has 1 saturated carbocycles. The summed E-state index contributed by atoms with van der Waals surface area (Å²) in [5.74, 6) is 0.530. The van der Waals surface area contributed by atoms with E-state index in [9.17, 15) is 14.7 Å². The first-order valence-electron chi connectivity index (χ1n) is 10.9. The lowest BCUT2D eigenvalue weighted by Gasteiger charge is -2.48. The Labute approximate surface area is 176 Å². The Balaban J connectivity index is 1.28. The lowest BCUT2D eigenvalue weighted by Crippen LogP contribution is -2.64. The molecule has 0 bridgehead atoms. The minimum atomic E-state index is -0.581. The molecule has 2 amide bonds. The van der Waals surface area contributed by atoms with Crippen molar-refractivity contribution >= 4 is 11.8 Å². The fraction of sp³-hybridized carbons (Fsp3) is 0.565. The van der Waals surface area contributed by atoms with E-state index in [0.717, 1.165) is 30.6 Å². The molecule has 1 aromatic rings. The molecule has 2 saturated heterocycles. The molecule has 0 radical (unpaired) electrons. The van der Waals surface area contributed by atoms with E-state index in [0.29, 0.717) is 49.8 Å². The summed E-state index contributed by atoms with van der Waals surface area (Å²) in [6.45, 7) is 7.51. The SMILES string of the molecule is C=C1CCC(N2Cc3cc(O[C@H]4CCC[C@H]4N4CC(C)(O)C4)ccc3C2=O)C(=O)N1. The molecular weight excluding hydrogens is 382 g/mol. The summed E-state index contributed by atoms with van der Waals surface area (Å²) < 4.78 is 6.35. The third-order valence-corrected chi connectivity index (χ3v) is 6.87. The number of piperidine rings is 1. The van der Waals surface area contributed by atoms with Crippen molar-refractivity contribution in [2.45, 2.75) is 69.4 Å². The molecule has 0 aromatic heterocycles. The Bertz CT molecular complexity index is 904. The summed E-state index contributed by atoms with van der Waals surface area (Å²) in [4.78, 5) is 29.2. The quantitative estimate of drug-likeness (QED) is 0.790. The third-order valence-electron chi connectivity index (χ3n) is 6.87. The number of nitrogens with one attached hydrogen (secondary N) is 1. The van der Waals surface area contributed by atoms with Gasteiger partial charge in [0.25, 0.3) is 5.91 Å². The van der Waals surface area contributed by atoms with E-state index in [1.165, 1.54) is 0 Å². The van der Waals surface area contributed by atoms with E-state index < -0.39 is 11.6 Å². The van der Waals surface area contributed by atoms with Crippen molar-refractivity contribution in [3.63, 3.8) is 0 Å². The average Bonchev–Trinajstić information content (AvgIpc) is 3.24.